The fourth-order valence-electron chi connectivity index (χ4n) is 3.09. The van der Waals surface area contributed by atoms with E-state index in [0.29, 0.717) is 12.8 Å². The molecule has 0 aromatic heterocycles. The minimum atomic E-state index is -1.01. The van der Waals surface area contributed by atoms with Gasteiger partial charge >= 0.3 is 23.9 Å². The maximum atomic E-state index is 11.2. The largest absolute Gasteiger partial charge is 0.391 e. The lowest BCUT2D eigenvalue weighted by atomic mass is 9.91. The molecule has 2 heterocycles. The first-order valence-corrected chi connectivity index (χ1v) is 5.07. The Hall–Kier alpha value is -1.72. The zero-order chi connectivity index (χ0) is 11.3. The molecule has 4 fully saturated rings. The molecule has 2 aliphatic heterocycles. The van der Waals surface area contributed by atoms with Crippen LogP contribution in [0.5, 0.6) is 0 Å². The molecule has 82 valence electrons. The molecule has 4 aliphatic rings. The molecule has 2 saturated heterocycles. The Morgan fingerprint density at radius 2 is 1.06 bits per heavy atom. The summed E-state index contributed by atoms with van der Waals surface area (Å²) in [5.74, 6) is -2.43. The highest BCUT2D eigenvalue weighted by atomic mass is 16.6. The molecular formula is C10H6O6. The van der Waals surface area contributed by atoms with E-state index in [0.717, 1.165) is 0 Å². The molecule has 2 unspecified atom stereocenters. The number of hydrogen-bond donors (Lipinski definition) is 0. The van der Waals surface area contributed by atoms with Gasteiger partial charge < -0.3 is 9.47 Å². The smallest absolute Gasteiger partial charge is 0.331 e. The van der Waals surface area contributed by atoms with Gasteiger partial charge in [0.1, 0.15) is 0 Å². The third-order valence-electron chi connectivity index (χ3n) is 4.34. The van der Waals surface area contributed by atoms with Crippen molar-refractivity contribution in [2.24, 2.45) is 22.7 Å². The highest BCUT2D eigenvalue weighted by Gasteiger charge is 2.87. The van der Waals surface area contributed by atoms with Gasteiger partial charge in [0.25, 0.3) is 0 Å². The summed E-state index contributed by atoms with van der Waals surface area (Å²) >= 11 is 0. The van der Waals surface area contributed by atoms with Gasteiger partial charge in [0.15, 0.2) is 10.8 Å². The minimum absolute atomic E-state index is 0.196. The number of hydrogen-bond acceptors (Lipinski definition) is 6. The minimum Gasteiger partial charge on any atom is -0.391 e. The van der Waals surface area contributed by atoms with Crippen LogP contribution in [0.1, 0.15) is 12.8 Å². The second-order valence-corrected chi connectivity index (χ2v) is 4.92. The van der Waals surface area contributed by atoms with Crippen molar-refractivity contribution in [3.63, 3.8) is 0 Å². The summed E-state index contributed by atoms with van der Waals surface area (Å²) in [5, 5.41) is 0. The van der Waals surface area contributed by atoms with Crippen molar-refractivity contribution in [1.29, 1.82) is 0 Å². The van der Waals surface area contributed by atoms with Gasteiger partial charge in [-0.3, -0.25) is 19.2 Å². The lowest BCUT2D eigenvalue weighted by Crippen LogP contribution is -2.47. The van der Waals surface area contributed by atoms with Crippen LogP contribution in [0.15, 0.2) is 0 Å². The zero-order valence-corrected chi connectivity index (χ0v) is 8.02. The molecule has 0 aromatic rings. The van der Waals surface area contributed by atoms with Gasteiger partial charge in [0.2, 0.25) is 0 Å². The molecule has 2 aliphatic carbocycles. The SMILES string of the molecule is O=C1OC(=O)C12CC2C1CC12C(=O)OC2=O. The fourth-order valence-corrected chi connectivity index (χ4v) is 3.09. The number of carbonyl (C=O) groups is 4. The summed E-state index contributed by atoms with van der Waals surface area (Å²) in [5.41, 5.74) is -2.02. The molecule has 2 spiro atoms. The number of cyclic esters (lactones) is 4. The normalized spacial score (nSPS) is 40.0. The number of ether oxygens (including phenoxy) is 2. The lowest BCUT2D eigenvalue weighted by molar-refractivity contribution is -0.192. The Balaban J connectivity index is 1.60. The van der Waals surface area contributed by atoms with E-state index in [1.165, 1.54) is 0 Å². The molecular weight excluding hydrogens is 216 g/mol. The first-order valence-electron chi connectivity index (χ1n) is 5.07. The van der Waals surface area contributed by atoms with Crippen LogP contribution in [-0.2, 0) is 28.7 Å². The molecule has 2 atom stereocenters. The Bertz CT molecular complexity index is 429. The van der Waals surface area contributed by atoms with E-state index in [1.807, 2.05) is 0 Å². The van der Waals surface area contributed by atoms with Gasteiger partial charge in [-0.25, -0.2) is 0 Å². The van der Waals surface area contributed by atoms with E-state index in [2.05, 4.69) is 9.47 Å². The molecule has 0 N–H and O–H groups in total. The summed E-state index contributed by atoms with van der Waals surface area (Å²) < 4.78 is 8.64. The van der Waals surface area contributed by atoms with Gasteiger partial charge in [0, 0.05) is 0 Å². The van der Waals surface area contributed by atoms with E-state index in [1.54, 1.807) is 0 Å². The average Bonchev–Trinajstić information content (AvgIpc) is 3.10. The third-order valence-corrected chi connectivity index (χ3v) is 4.34. The molecule has 16 heavy (non-hydrogen) atoms. The maximum absolute atomic E-state index is 11.2. The molecule has 0 amide bonds. The fraction of sp³-hybridized carbons (Fsp3) is 0.600. The topological polar surface area (TPSA) is 86.7 Å². The van der Waals surface area contributed by atoms with Crippen molar-refractivity contribution in [2.75, 3.05) is 0 Å². The summed E-state index contributed by atoms with van der Waals surface area (Å²) in [7, 11) is 0. The van der Waals surface area contributed by atoms with E-state index < -0.39 is 34.7 Å². The van der Waals surface area contributed by atoms with Crippen LogP contribution in [-0.4, -0.2) is 23.9 Å². The summed E-state index contributed by atoms with van der Waals surface area (Å²) in [6.07, 6.45) is 0.829. The monoisotopic (exact) mass is 222 g/mol. The number of esters is 4. The van der Waals surface area contributed by atoms with Crippen LogP contribution in [0.2, 0.25) is 0 Å². The summed E-state index contributed by atoms with van der Waals surface area (Å²) in [6, 6.07) is 0. The van der Waals surface area contributed by atoms with Crippen LogP contribution in [0, 0.1) is 22.7 Å². The molecule has 6 nitrogen and oxygen atoms in total. The lowest BCUT2D eigenvalue weighted by Gasteiger charge is -2.25. The van der Waals surface area contributed by atoms with Crippen molar-refractivity contribution in [3.8, 4) is 0 Å². The van der Waals surface area contributed by atoms with E-state index in [4.69, 9.17) is 0 Å². The number of carbonyl (C=O) groups excluding carboxylic acids is 4. The Morgan fingerprint density at radius 1 is 0.750 bits per heavy atom. The Kier molecular flexibility index (Phi) is 1.01. The van der Waals surface area contributed by atoms with E-state index in [9.17, 15) is 19.2 Å². The highest BCUT2D eigenvalue weighted by Crippen LogP contribution is 2.75. The Morgan fingerprint density at radius 3 is 1.25 bits per heavy atom. The number of rotatable bonds is 1. The molecule has 0 radical (unpaired) electrons. The van der Waals surface area contributed by atoms with Gasteiger partial charge in [-0.2, -0.15) is 0 Å². The summed E-state index contributed by atoms with van der Waals surface area (Å²) in [4.78, 5) is 44.8. The zero-order valence-electron chi connectivity index (χ0n) is 8.02. The highest BCUT2D eigenvalue weighted by molar-refractivity contribution is 6.19. The van der Waals surface area contributed by atoms with E-state index in [-0.39, 0.29) is 11.8 Å². The van der Waals surface area contributed by atoms with Crippen molar-refractivity contribution in [1.82, 2.24) is 0 Å². The van der Waals surface area contributed by atoms with Gasteiger partial charge in [-0.05, 0) is 24.7 Å². The van der Waals surface area contributed by atoms with Crippen LogP contribution >= 0.6 is 0 Å². The third kappa shape index (κ3) is 0.572. The molecule has 6 heteroatoms. The van der Waals surface area contributed by atoms with Crippen LogP contribution < -0.4 is 0 Å². The van der Waals surface area contributed by atoms with Crippen LogP contribution in [0.3, 0.4) is 0 Å². The van der Waals surface area contributed by atoms with Crippen LogP contribution in [0.4, 0.5) is 0 Å². The van der Waals surface area contributed by atoms with E-state index >= 15 is 0 Å². The van der Waals surface area contributed by atoms with Crippen molar-refractivity contribution in [3.05, 3.63) is 0 Å². The van der Waals surface area contributed by atoms with Crippen molar-refractivity contribution < 1.29 is 28.7 Å². The second-order valence-electron chi connectivity index (χ2n) is 4.92. The van der Waals surface area contributed by atoms with Gasteiger partial charge in [0.05, 0.1) is 0 Å². The maximum Gasteiger partial charge on any atom is 0.331 e. The van der Waals surface area contributed by atoms with Gasteiger partial charge in [-0.15, -0.1) is 0 Å². The first kappa shape index (κ1) is 8.43. The standard InChI is InChI=1S/C10H6O6/c11-5-9(6(12)15-5)1-3(9)4-2-10(4)7(13)16-8(10)14/h3-4H,1-2H2. The molecule has 0 aromatic carbocycles. The first-order chi connectivity index (χ1) is 7.53. The second kappa shape index (κ2) is 1.92. The van der Waals surface area contributed by atoms with Crippen molar-refractivity contribution >= 4 is 23.9 Å². The van der Waals surface area contributed by atoms with Crippen molar-refractivity contribution in [2.45, 2.75) is 12.8 Å². The van der Waals surface area contributed by atoms with Gasteiger partial charge in [-0.1, -0.05) is 0 Å². The molecule has 4 rings (SSSR count). The quantitative estimate of drug-likeness (QED) is 0.425. The predicted octanol–water partition coefficient (Wildman–Crippen LogP) is -0.834. The molecule has 2 saturated carbocycles. The summed E-state index contributed by atoms with van der Waals surface area (Å²) in [6.45, 7) is 0. The average molecular weight is 222 g/mol. The van der Waals surface area contributed by atoms with Crippen LogP contribution in [0.25, 0.3) is 0 Å². The molecule has 0 bridgehead atoms. The Labute approximate surface area is 88.9 Å². The predicted molar refractivity (Wildman–Crippen MR) is 43.3 cm³/mol.